The molecule has 2 heteroatoms. The fourth-order valence-corrected chi connectivity index (χ4v) is 0.300. The summed E-state index contributed by atoms with van der Waals surface area (Å²) in [5.41, 5.74) is 0. The van der Waals surface area contributed by atoms with Crippen LogP contribution in [-0.4, -0.2) is 17.9 Å². The van der Waals surface area contributed by atoms with E-state index in [1.165, 1.54) is 6.21 Å². The fraction of sp³-hybridized carbons (Fsp3) is 0.800. The van der Waals surface area contributed by atoms with Crippen LogP contribution in [0.2, 0.25) is 0 Å². The highest BCUT2D eigenvalue weighted by Crippen LogP contribution is 1.93. The van der Waals surface area contributed by atoms with E-state index in [0.29, 0.717) is 0 Å². The molecule has 0 unspecified atom stereocenters. The SMILES string of the molecule is CC[C@H](C=N)CO. The zero-order valence-corrected chi connectivity index (χ0v) is 4.52. The standard InChI is InChI=1S/C5H11NO/c1-2-5(3-6)4-7/h3,5-7H,2,4H2,1H3/t5-/m1/s1. The summed E-state index contributed by atoms with van der Waals surface area (Å²) in [6, 6.07) is 0. The van der Waals surface area contributed by atoms with Crippen molar-refractivity contribution in [2.45, 2.75) is 13.3 Å². The average Bonchev–Trinajstić information content (AvgIpc) is 1.72. The van der Waals surface area contributed by atoms with Gasteiger partial charge in [-0.1, -0.05) is 6.92 Å². The third-order valence-corrected chi connectivity index (χ3v) is 0.995. The molecule has 0 heterocycles. The zero-order chi connectivity index (χ0) is 5.70. The zero-order valence-electron chi connectivity index (χ0n) is 4.52. The van der Waals surface area contributed by atoms with Crippen molar-refractivity contribution in [3.05, 3.63) is 0 Å². The molecule has 0 aromatic rings. The maximum absolute atomic E-state index is 8.37. The Kier molecular flexibility index (Phi) is 3.61. The summed E-state index contributed by atoms with van der Waals surface area (Å²) in [5.74, 6) is 0.0833. The fourth-order valence-electron chi connectivity index (χ4n) is 0.300. The van der Waals surface area contributed by atoms with Gasteiger partial charge in [0.05, 0.1) is 6.61 Å². The first-order valence-corrected chi connectivity index (χ1v) is 2.46. The quantitative estimate of drug-likeness (QED) is 0.504. The van der Waals surface area contributed by atoms with Crippen LogP contribution in [0.4, 0.5) is 0 Å². The smallest absolute Gasteiger partial charge is 0.0508 e. The Balaban J connectivity index is 3.16. The Labute approximate surface area is 43.7 Å². The third kappa shape index (κ3) is 2.34. The number of hydrogen-bond acceptors (Lipinski definition) is 2. The summed E-state index contributed by atoms with van der Waals surface area (Å²) in [5, 5.41) is 15.0. The molecule has 0 fully saturated rings. The summed E-state index contributed by atoms with van der Waals surface area (Å²) < 4.78 is 0. The van der Waals surface area contributed by atoms with Crippen molar-refractivity contribution >= 4 is 6.21 Å². The van der Waals surface area contributed by atoms with Crippen LogP contribution in [0.25, 0.3) is 0 Å². The Morgan fingerprint density at radius 3 is 2.43 bits per heavy atom. The van der Waals surface area contributed by atoms with Gasteiger partial charge < -0.3 is 10.5 Å². The van der Waals surface area contributed by atoms with Crippen LogP contribution in [0.5, 0.6) is 0 Å². The predicted octanol–water partition coefficient (Wildman–Crippen LogP) is 0.654. The summed E-state index contributed by atoms with van der Waals surface area (Å²) in [7, 11) is 0. The third-order valence-electron chi connectivity index (χ3n) is 0.995. The van der Waals surface area contributed by atoms with Gasteiger partial charge >= 0.3 is 0 Å². The molecule has 0 aliphatic rings. The van der Waals surface area contributed by atoms with Gasteiger partial charge in [0.25, 0.3) is 0 Å². The number of aliphatic hydroxyl groups is 1. The van der Waals surface area contributed by atoms with Gasteiger partial charge in [-0.3, -0.25) is 0 Å². The highest BCUT2D eigenvalue weighted by molar-refractivity contribution is 5.56. The Hall–Kier alpha value is -0.370. The van der Waals surface area contributed by atoms with Gasteiger partial charge in [-0.25, -0.2) is 0 Å². The second-order valence-corrected chi connectivity index (χ2v) is 1.52. The molecular weight excluding hydrogens is 90.1 g/mol. The van der Waals surface area contributed by atoms with Gasteiger partial charge in [0.2, 0.25) is 0 Å². The van der Waals surface area contributed by atoms with Gasteiger partial charge in [0.1, 0.15) is 0 Å². The van der Waals surface area contributed by atoms with Gasteiger partial charge in [0.15, 0.2) is 0 Å². The summed E-state index contributed by atoms with van der Waals surface area (Å²) in [4.78, 5) is 0. The monoisotopic (exact) mass is 101 g/mol. The minimum absolute atomic E-state index is 0.0833. The van der Waals surface area contributed by atoms with Crippen molar-refractivity contribution in [2.75, 3.05) is 6.61 Å². The number of nitrogens with one attached hydrogen (secondary N) is 1. The average molecular weight is 101 g/mol. The Bertz CT molecular complexity index is 50.0. The molecule has 0 aliphatic carbocycles. The number of hydrogen-bond donors (Lipinski definition) is 2. The van der Waals surface area contributed by atoms with Crippen LogP contribution in [0, 0.1) is 11.3 Å². The maximum atomic E-state index is 8.37. The first-order chi connectivity index (χ1) is 3.35. The second-order valence-electron chi connectivity index (χ2n) is 1.52. The molecule has 0 amide bonds. The summed E-state index contributed by atoms with van der Waals surface area (Å²) >= 11 is 0. The molecule has 0 aromatic carbocycles. The molecule has 0 spiro atoms. The van der Waals surface area contributed by atoms with E-state index >= 15 is 0 Å². The molecule has 42 valence electrons. The molecule has 0 saturated heterocycles. The van der Waals surface area contributed by atoms with E-state index in [2.05, 4.69) is 0 Å². The Morgan fingerprint density at radius 1 is 1.86 bits per heavy atom. The van der Waals surface area contributed by atoms with Gasteiger partial charge in [-0.2, -0.15) is 0 Å². The van der Waals surface area contributed by atoms with Crippen molar-refractivity contribution in [3.8, 4) is 0 Å². The lowest BCUT2D eigenvalue weighted by atomic mass is 10.1. The van der Waals surface area contributed by atoms with E-state index in [0.717, 1.165) is 6.42 Å². The van der Waals surface area contributed by atoms with Crippen LogP contribution in [0.3, 0.4) is 0 Å². The normalized spacial score (nSPS) is 13.4. The number of rotatable bonds is 3. The van der Waals surface area contributed by atoms with E-state index in [-0.39, 0.29) is 12.5 Å². The Morgan fingerprint density at radius 2 is 2.43 bits per heavy atom. The second kappa shape index (κ2) is 3.81. The van der Waals surface area contributed by atoms with Crippen LogP contribution < -0.4 is 0 Å². The molecule has 2 nitrogen and oxygen atoms in total. The van der Waals surface area contributed by atoms with Crippen molar-refractivity contribution < 1.29 is 5.11 Å². The van der Waals surface area contributed by atoms with Gasteiger partial charge in [0, 0.05) is 12.1 Å². The summed E-state index contributed by atoms with van der Waals surface area (Å²) in [6.07, 6.45) is 2.14. The van der Waals surface area contributed by atoms with Crippen molar-refractivity contribution in [2.24, 2.45) is 5.92 Å². The van der Waals surface area contributed by atoms with Crippen LogP contribution in [-0.2, 0) is 0 Å². The van der Waals surface area contributed by atoms with Crippen LogP contribution in [0.15, 0.2) is 0 Å². The van der Waals surface area contributed by atoms with E-state index < -0.39 is 0 Å². The highest BCUT2D eigenvalue weighted by atomic mass is 16.3. The molecule has 0 bridgehead atoms. The molecule has 0 radical (unpaired) electrons. The molecule has 0 rings (SSSR count). The van der Waals surface area contributed by atoms with E-state index in [4.69, 9.17) is 10.5 Å². The molecule has 0 aromatic heterocycles. The lowest BCUT2D eigenvalue weighted by Crippen LogP contribution is -2.03. The van der Waals surface area contributed by atoms with Crippen molar-refractivity contribution in [3.63, 3.8) is 0 Å². The first kappa shape index (κ1) is 6.63. The predicted molar refractivity (Wildman–Crippen MR) is 29.7 cm³/mol. The first-order valence-electron chi connectivity index (χ1n) is 2.46. The van der Waals surface area contributed by atoms with E-state index in [9.17, 15) is 0 Å². The molecule has 1 atom stereocenters. The minimum atomic E-state index is 0.0833. The molecule has 7 heavy (non-hydrogen) atoms. The van der Waals surface area contributed by atoms with Gasteiger partial charge in [-0.15, -0.1) is 0 Å². The van der Waals surface area contributed by atoms with Crippen LogP contribution >= 0.6 is 0 Å². The summed E-state index contributed by atoms with van der Waals surface area (Å²) in [6.45, 7) is 2.06. The van der Waals surface area contributed by atoms with Crippen molar-refractivity contribution in [1.82, 2.24) is 0 Å². The molecule has 2 N–H and O–H groups in total. The largest absolute Gasteiger partial charge is 0.396 e. The van der Waals surface area contributed by atoms with Crippen LogP contribution in [0.1, 0.15) is 13.3 Å². The molecular formula is C5H11NO. The lowest BCUT2D eigenvalue weighted by Gasteiger charge is -1.99. The van der Waals surface area contributed by atoms with Crippen molar-refractivity contribution in [1.29, 1.82) is 5.41 Å². The number of aliphatic hydroxyl groups excluding tert-OH is 1. The van der Waals surface area contributed by atoms with E-state index in [1.54, 1.807) is 0 Å². The topological polar surface area (TPSA) is 44.1 Å². The molecule has 0 saturated carbocycles. The van der Waals surface area contributed by atoms with Gasteiger partial charge in [-0.05, 0) is 6.42 Å². The highest BCUT2D eigenvalue weighted by Gasteiger charge is 1.95. The van der Waals surface area contributed by atoms with E-state index in [1.807, 2.05) is 6.92 Å². The lowest BCUT2D eigenvalue weighted by molar-refractivity contribution is 0.260. The minimum Gasteiger partial charge on any atom is -0.396 e. The maximum Gasteiger partial charge on any atom is 0.0508 e. The molecule has 0 aliphatic heterocycles.